The number of amides is 1. The second kappa shape index (κ2) is 12.9. The molecule has 38 heavy (non-hydrogen) atoms. The predicted molar refractivity (Wildman–Crippen MR) is 148 cm³/mol. The molecule has 0 aliphatic rings. The van der Waals surface area contributed by atoms with Gasteiger partial charge in [0.15, 0.2) is 5.82 Å². The van der Waals surface area contributed by atoms with Gasteiger partial charge in [0.25, 0.3) is 5.56 Å². The van der Waals surface area contributed by atoms with Crippen molar-refractivity contribution in [2.45, 2.75) is 65.8 Å². The maximum Gasteiger partial charge on any atom is 0.257 e. The number of benzene rings is 2. The minimum absolute atomic E-state index is 0.0192. The molecule has 0 fully saturated rings. The van der Waals surface area contributed by atoms with Crippen LogP contribution in [0, 0.1) is 6.92 Å². The summed E-state index contributed by atoms with van der Waals surface area (Å²) in [5, 5.41) is 17.2. The molecule has 0 saturated heterocycles. The van der Waals surface area contributed by atoms with Gasteiger partial charge in [-0.15, -0.1) is 5.10 Å². The van der Waals surface area contributed by atoms with Gasteiger partial charge in [-0.2, -0.15) is 0 Å². The number of carbonyl (C=O) groups is 1. The summed E-state index contributed by atoms with van der Waals surface area (Å²) in [6, 6.07) is 16.1. The third-order valence-corrected chi connectivity index (χ3v) is 6.63. The minimum Gasteiger partial charge on any atom is -0.355 e. The number of H-pyrrole nitrogens is 1. The Labute approximate surface area is 222 Å². The lowest BCUT2D eigenvalue weighted by molar-refractivity contribution is -0.121. The molecule has 0 spiro atoms. The summed E-state index contributed by atoms with van der Waals surface area (Å²) in [5.74, 6) is 1.02. The summed E-state index contributed by atoms with van der Waals surface area (Å²) in [6.45, 7) is 6.59. The Morgan fingerprint density at radius 3 is 2.42 bits per heavy atom. The van der Waals surface area contributed by atoms with E-state index >= 15 is 0 Å². The zero-order valence-electron chi connectivity index (χ0n) is 22.3. The van der Waals surface area contributed by atoms with E-state index in [4.69, 9.17) is 4.98 Å². The molecular weight excluding hydrogens is 478 g/mol. The fraction of sp³-hybridized carbons (Fsp3) is 0.379. The first-order valence-electron chi connectivity index (χ1n) is 13.3. The molecule has 0 aliphatic heterocycles. The highest BCUT2D eigenvalue weighted by Gasteiger charge is 2.17. The third kappa shape index (κ3) is 6.40. The van der Waals surface area contributed by atoms with E-state index in [1.165, 1.54) is 4.57 Å². The topological polar surface area (TPSA) is 118 Å². The van der Waals surface area contributed by atoms with Crippen LogP contribution >= 0.6 is 0 Å². The molecule has 2 heterocycles. The van der Waals surface area contributed by atoms with E-state index in [0.717, 1.165) is 60.1 Å². The van der Waals surface area contributed by atoms with Gasteiger partial charge in [0.2, 0.25) is 5.91 Å². The summed E-state index contributed by atoms with van der Waals surface area (Å²) in [7, 11) is 0. The number of nitrogens with zero attached hydrogens (tertiary/aromatic N) is 5. The first-order valence-corrected chi connectivity index (χ1v) is 13.3. The molecule has 9 nitrogen and oxygen atoms in total. The SMILES string of the molecule is CCCCNC(=O)Cn1c(C)nc(CCCC)c(Cc2ccc(-c3ccccc3-c3nnn[nH]3)cc2)c1=O. The summed E-state index contributed by atoms with van der Waals surface area (Å²) in [6.07, 6.45) is 5.07. The van der Waals surface area contributed by atoms with Crippen LogP contribution in [-0.4, -0.2) is 42.6 Å². The molecule has 0 aliphatic carbocycles. The molecule has 0 unspecified atom stereocenters. The van der Waals surface area contributed by atoms with Crippen LogP contribution in [-0.2, 0) is 24.2 Å². The van der Waals surface area contributed by atoms with Crippen molar-refractivity contribution in [1.82, 2.24) is 35.5 Å². The largest absolute Gasteiger partial charge is 0.355 e. The second-order valence-corrected chi connectivity index (χ2v) is 9.45. The number of nitrogens with one attached hydrogen (secondary N) is 2. The molecule has 0 atom stereocenters. The number of carbonyl (C=O) groups excluding carboxylic acids is 1. The predicted octanol–water partition coefficient (Wildman–Crippen LogP) is 4.25. The number of rotatable bonds is 12. The van der Waals surface area contributed by atoms with Gasteiger partial charge >= 0.3 is 0 Å². The van der Waals surface area contributed by atoms with Crippen molar-refractivity contribution in [3.05, 3.63) is 81.5 Å². The molecule has 2 aromatic heterocycles. The molecule has 4 aromatic rings. The number of hydrogen-bond acceptors (Lipinski definition) is 6. The van der Waals surface area contributed by atoms with E-state index in [9.17, 15) is 9.59 Å². The van der Waals surface area contributed by atoms with Crippen LogP contribution in [0.25, 0.3) is 22.5 Å². The monoisotopic (exact) mass is 513 g/mol. The second-order valence-electron chi connectivity index (χ2n) is 9.45. The lowest BCUT2D eigenvalue weighted by Crippen LogP contribution is -2.36. The van der Waals surface area contributed by atoms with E-state index in [2.05, 4.69) is 39.8 Å². The van der Waals surface area contributed by atoms with Gasteiger partial charge in [-0.1, -0.05) is 75.2 Å². The number of aromatic nitrogens is 6. The normalized spacial score (nSPS) is 11.0. The Kier molecular flexibility index (Phi) is 9.13. The molecule has 1 amide bonds. The molecule has 0 bridgehead atoms. The lowest BCUT2D eigenvalue weighted by atomic mass is 9.96. The smallest absolute Gasteiger partial charge is 0.257 e. The van der Waals surface area contributed by atoms with Crippen molar-refractivity contribution in [2.24, 2.45) is 0 Å². The van der Waals surface area contributed by atoms with E-state index in [0.29, 0.717) is 30.2 Å². The Hall–Kier alpha value is -4.14. The Morgan fingerprint density at radius 2 is 1.74 bits per heavy atom. The first-order chi connectivity index (χ1) is 18.5. The van der Waals surface area contributed by atoms with Gasteiger partial charge in [-0.25, -0.2) is 10.1 Å². The van der Waals surface area contributed by atoms with Crippen molar-refractivity contribution >= 4 is 5.91 Å². The maximum absolute atomic E-state index is 13.6. The van der Waals surface area contributed by atoms with Gasteiger partial charge in [0.05, 0.1) is 5.69 Å². The fourth-order valence-corrected chi connectivity index (χ4v) is 4.50. The molecule has 2 N–H and O–H groups in total. The van der Waals surface area contributed by atoms with E-state index in [1.807, 2.05) is 48.5 Å². The molecule has 198 valence electrons. The van der Waals surface area contributed by atoms with Crippen LogP contribution in [0.3, 0.4) is 0 Å². The Morgan fingerprint density at radius 1 is 1.00 bits per heavy atom. The molecular formula is C29H35N7O2. The van der Waals surface area contributed by atoms with E-state index in [1.54, 1.807) is 6.92 Å². The molecule has 4 rings (SSSR count). The van der Waals surface area contributed by atoms with Gasteiger partial charge in [-0.05, 0) is 53.3 Å². The van der Waals surface area contributed by atoms with Crippen molar-refractivity contribution in [1.29, 1.82) is 0 Å². The van der Waals surface area contributed by atoms with Gasteiger partial charge in [-0.3, -0.25) is 14.2 Å². The van der Waals surface area contributed by atoms with Crippen molar-refractivity contribution < 1.29 is 4.79 Å². The third-order valence-electron chi connectivity index (χ3n) is 6.63. The number of unbranched alkanes of at least 4 members (excludes halogenated alkanes) is 2. The molecule has 2 aromatic carbocycles. The van der Waals surface area contributed by atoms with Crippen LogP contribution in [0.1, 0.15) is 62.2 Å². The average Bonchev–Trinajstić information content (AvgIpc) is 3.47. The summed E-state index contributed by atoms with van der Waals surface area (Å²) in [5.41, 5.74) is 5.30. The van der Waals surface area contributed by atoms with Crippen molar-refractivity contribution in [2.75, 3.05) is 6.54 Å². The fourth-order valence-electron chi connectivity index (χ4n) is 4.50. The van der Waals surface area contributed by atoms with Crippen LogP contribution in [0.2, 0.25) is 0 Å². The van der Waals surface area contributed by atoms with Gasteiger partial charge in [0, 0.05) is 24.1 Å². The highest BCUT2D eigenvalue weighted by molar-refractivity contribution is 5.80. The van der Waals surface area contributed by atoms with Gasteiger partial charge in [0.1, 0.15) is 12.4 Å². The van der Waals surface area contributed by atoms with Crippen LogP contribution < -0.4 is 10.9 Å². The standard InChI is InChI=1S/C29H35N7O2/c1-4-6-12-26-25(29(38)36(20(3)31-26)19-27(37)30-17-7-5-2)18-21-13-15-22(16-14-21)23-10-8-9-11-24(23)28-32-34-35-33-28/h8-11,13-16H,4-7,12,17-19H2,1-3H3,(H,30,37)(H,32,33,34,35). The highest BCUT2D eigenvalue weighted by Crippen LogP contribution is 2.30. The van der Waals surface area contributed by atoms with Crippen LogP contribution in [0.5, 0.6) is 0 Å². The highest BCUT2D eigenvalue weighted by atomic mass is 16.2. The van der Waals surface area contributed by atoms with Crippen LogP contribution in [0.4, 0.5) is 0 Å². The molecule has 0 saturated carbocycles. The zero-order chi connectivity index (χ0) is 26.9. The number of aryl methyl sites for hydroxylation is 2. The number of aromatic amines is 1. The van der Waals surface area contributed by atoms with E-state index in [-0.39, 0.29) is 18.0 Å². The summed E-state index contributed by atoms with van der Waals surface area (Å²) >= 11 is 0. The summed E-state index contributed by atoms with van der Waals surface area (Å²) in [4.78, 5) is 30.9. The molecule has 0 radical (unpaired) electrons. The minimum atomic E-state index is -0.164. The average molecular weight is 514 g/mol. The van der Waals surface area contributed by atoms with Gasteiger partial charge < -0.3 is 5.32 Å². The number of tetrazole rings is 1. The first kappa shape index (κ1) is 26.9. The zero-order valence-corrected chi connectivity index (χ0v) is 22.3. The van der Waals surface area contributed by atoms with Crippen molar-refractivity contribution in [3.8, 4) is 22.5 Å². The quantitative estimate of drug-likeness (QED) is 0.274. The summed E-state index contributed by atoms with van der Waals surface area (Å²) < 4.78 is 1.50. The maximum atomic E-state index is 13.6. The molecule has 9 heteroatoms. The Balaban J connectivity index is 1.62. The van der Waals surface area contributed by atoms with Crippen LogP contribution in [0.15, 0.2) is 53.3 Å². The van der Waals surface area contributed by atoms with E-state index < -0.39 is 0 Å². The van der Waals surface area contributed by atoms with Crippen molar-refractivity contribution in [3.63, 3.8) is 0 Å². The Bertz CT molecular complexity index is 1410. The number of hydrogen-bond donors (Lipinski definition) is 2. The lowest BCUT2D eigenvalue weighted by Gasteiger charge is -2.16.